The quantitative estimate of drug-likeness (QED) is 0.145. The Kier molecular flexibility index (Phi) is 14.1. The van der Waals surface area contributed by atoms with Crippen LogP contribution >= 0.6 is 11.6 Å². The first-order chi connectivity index (χ1) is 22.3. The standard InChI is InChI=1S/C11H12N2O3.C9H8N2O3.C7H5ClN2.C4H8O3/c1-3-15-11(14)9-8(12)7-5-4-6(2)13-10(7)16-9;1-4-2-3-5-6(10)7(9(12)13)14-8(5)11-4;1-5-2-3-6(4-9)7(8)10-5;1-2-7-4(6)3-5/h4-5H,3,12H2,1-2H3;2-3H,10H2,1H3,(H,12,13);2-3H,1H3;5H,2-3H2,1H3. The van der Waals surface area contributed by atoms with Gasteiger partial charge in [0.15, 0.2) is 0 Å². The number of aliphatic hydroxyl groups is 1. The lowest BCUT2D eigenvalue weighted by atomic mass is 10.2. The van der Waals surface area contributed by atoms with E-state index in [1.165, 1.54) is 0 Å². The lowest BCUT2D eigenvalue weighted by Gasteiger charge is -1.97. The Bertz CT molecular complexity index is 1910. The maximum Gasteiger partial charge on any atom is 0.376 e. The van der Waals surface area contributed by atoms with Gasteiger partial charge in [0.2, 0.25) is 22.9 Å². The van der Waals surface area contributed by atoms with Gasteiger partial charge in [-0.2, -0.15) is 5.26 Å². The molecule has 0 atom stereocenters. The molecule has 15 nitrogen and oxygen atoms in total. The Labute approximate surface area is 273 Å². The Morgan fingerprint density at radius 3 is 1.72 bits per heavy atom. The van der Waals surface area contributed by atoms with E-state index in [-0.39, 0.29) is 40.4 Å². The second-order valence-corrected chi connectivity index (χ2v) is 9.55. The molecule has 0 radical (unpaired) electrons. The number of nitrogens with zero attached hydrogens (tertiary/aromatic N) is 4. The van der Waals surface area contributed by atoms with Crippen LogP contribution in [-0.4, -0.2) is 62.9 Å². The summed E-state index contributed by atoms with van der Waals surface area (Å²) in [7, 11) is 0. The molecule has 5 aromatic heterocycles. The van der Waals surface area contributed by atoms with Crippen LogP contribution in [0, 0.1) is 32.1 Å². The minimum atomic E-state index is -1.18. The molecule has 0 aromatic carbocycles. The van der Waals surface area contributed by atoms with Crippen LogP contribution in [0.5, 0.6) is 0 Å². The average molecular weight is 669 g/mol. The van der Waals surface area contributed by atoms with Crippen LogP contribution in [0.3, 0.4) is 0 Å². The number of nitrogens with two attached hydrogens (primary N) is 2. The highest BCUT2D eigenvalue weighted by Crippen LogP contribution is 2.28. The van der Waals surface area contributed by atoms with Crippen LogP contribution in [0.25, 0.3) is 22.2 Å². The molecule has 0 unspecified atom stereocenters. The van der Waals surface area contributed by atoms with Crippen LogP contribution in [0.15, 0.2) is 45.2 Å². The highest BCUT2D eigenvalue weighted by atomic mass is 35.5. The smallest absolute Gasteiger partial charge is 0.376 e. The molecule has 0 bridgehead atoms. The van der Waals surface area contributed by atoms with Crippen molar-refractivity contribution in [3.63, 3.8) is 0 Å². The number of aryl methyl sites for hydroxylation is 3. The summed E-state index contributed by atoms with van der Waals surface area (Å²) in [6, 6.07) is 12.4. The van der Waals surface area contributed by atoms with E-state index in [0.717, 1.165) is 17.1 Å². The predicted octanol–water partition coefficient (Wildman–Crippen LogP) is 4.77. The van der Waals surface area contributed by atoms with Gasteiger partial charge in [0.05, 0.1) is 40.9 Å². The molecule has 5 rings (SSSR count). The van der Waals surface area contributed by atoms with Crippen molar-refractivity contribution in [3.05, 3.63) is 75.7 Å². The zero-order chi connectivity index (χ0) is 35.3. The fraction of sp³-hybridized carbons (Fsp3) is 0.258. The molecular weight excluding hydrogens is 636 g/mol. The van der Waals surface area contributed by atoms with E-state index in [4.69, 9.17) is 52.1 Å². The van der Waals surface area contributed by atoms with Gasteiger partial charge in [-0.1, -0.05) is 11.6 Å². The van der Waals surface area contributed by atoms with Gasteiger partial charge >= 0.3 is 17.9 Å². The third-order valence-electron chi connectivity index (χ3n) is 5.66. The Morgan fingerprint density at radius 2 is 1.30 bits per heavy atom. The van der Waals surface area contributed by atoms with Gasteiger partial charge < -0.3 is 40.0 Å². The first kappa shape index (κ1) is 37.5. The number of halogens is 1. The summed E-state index contributed by atoms with van der Waals surface area (Å²) in [5.41, 5.74) is 15.2. The maximum atomic E-state index is 11.5. The van der Waals surface area contributed by atoms with Crippen molar-refractivity contribution in [3.8, 4) is 6.07 Å². The molecule has 248 valence electrons. The minimum Gasteiger partial charge on any atom is -0.475 e. The third kappa shape index (κ3) is 10.4. The van der Waals surface area contributed by atoms with Crippen LogP contribution < -0.4 is 11.5 Å². The number of carboxylic acids is 1. The number of anilines is 2. The van der Waals surface area contributed by atoms with E-state index in [9.17, 15) is 14.4 Å². The zero-order valence-electron chi connectivity index (χ0n) is 26.2. The molecule has 5 aromatic rings. The second-order valence-electron chi connectivity index (χ2n) is 9.19. The number of hydrogen-bond donors (Lipinski definition) is 4. The topological polar surface area (TPSA) is 251 Å². The number of ether oxygens (including phenoxy) is 2. The first-order valence-electron chi connectivity index (χ1n) is 13.8. The van der Waals surface area contributed by atoms with Crippen molar-refractivity contribution < 1.29 is 42.9 Å². The van der Waals surface area contributed by atoms with Gasteiger partial charge in [0, 0.05) is 17.1 Å². The predicted molar refractivity (Wildman–Crippen MR) is 172 cm³/mol. The summed E-state index contributed by atoms with van der Waals surface area (Å²) in [6.07, 6.45) is 0. The summed E-state index contributed by atoms with van der Waals surface area (Å²) in [4.78, 5) is 44.2. The highest BCUT2D eigenvalue weighted by molar-refractivity contribution is 6.30. The maximum absolute atomic E-state index is 11.5. The molecule has 16 heteroatoms. The number of aromatic nitrogens is 3. The van der Waals surface area contributed by atoms with E-state index >= 15 is 0 Å². The van der Waals surface area contributed by atoms with Crippen molar-refractivity contribution in [1.82, 2.24) is 15.0 Å². The van der Waals surface area contributed by atoms with Gasteiger partial charge in [0.1, 0.15) is 17.8 Å². The normalized spacial score (nSPS) is 9.91. The fourth-order valence-electron chi connectivity index (χ4n) is 3.50. The lowest BCUT2D eigenvalue weighted by Crippen LogP contribution is -2.07. The Balaban J connectivity index is 0.000000228. The summed E-state index contributed by atoms with van der Waals surface area (Å²) in [5, 5.41) is 26.6. The number of furan rings is 2. The van der Waals surface area contributed by atoms with Crippen LogP contribution in [-0.2, 0) is 14.3 Å². The SMILES string of the molecule is CCOC(=O)CO.CCOC(=O)c1oc2nc(C)ccc2c1N.Cc1ccc(C#N)c(Cl)n1.Cc1ccc2c(N)c(C(=O)O)oc2n1. The molecule has 0 aliphatic rings. The van der Waals surface area contributed by atoms with Crippen LogP contribution in [0.2, 0.25) is 5.15 Å². The number of carboxylic acid groups (broad SMARTS) is 1. The number of nitrogen functional groups attached to an aromatic ring is 2. The number of fused-ring (bicyclic) bond motifs is 2. The molecule has 6 N–H and O–H groups in total. The van der Waals surface area contributed by atoms with Crippen molar-refractivity contribution >= 4 is 63.1 Å². The minimum absolute atomic E-state index is 0.0231. The van der Waals surface area contributed by atoms with Gasteiger partial charge in [-0.15, -0.1) is 0 Å². The monoisotopic (exact) mass is 668 g/mol. The number of aliphatic hydroxyl groups excluding tert-OH is 1. The van der Waals surface area contributed by atoms with Gasteiger partial charge in [0.25, 0.3) is 0 Å². The number of aromatic carboxylic acids is 1. The Morgan fingerprint density at radius 1 is 0.830 bits per heavy atom. The zero-order valence-corrected chi connectivity index (χ0v) is 26.9. The molecule has 0 amide bonds. The van der Waals surface area contributed by atoms with Crippen molar-refractivity contribution in [2.75, 3.05) is 31.3 Å². The number of rotatable bonds is 5. The molecular formula is C31H33ClN6O9. The number of esters is 2. The van der Waals surface area contributed by atoms with Crippen LogP contribution in [0.1, 0.15) is 57.6 Å². The molecule has 0 saturated heterocycles. The van der Waals surface area contributed by atoms with Gasteiger partial charge in [-0.05, 0) is 71.0 Å². The molecule has 0 spiro atoms. The summed E-state index contributed by atoms with van der Waals surface area (Å²) >= 11 is 5.60. The largest absolute Gasteiger partial charge is 0.475 e. The molecule has 0 aliphatic heterocycles. The molecule has 0 aliphatic carbocycles. The molecule has 0 saturated carbocycles. The van der Waals surface area contributed by atoms with E-state index in [1.807, 2.05) is 26.0 Å². The van der Waals surface area contributed by atoms with E-state index in [1.54, 1.807) is 51.1 Å². The van der Waals surface area contributed by atoms with Crippen molar-refractivity contribution in [1.29, 1.82) is 5.26 Å². The number of hydrogen-bond acceptors (Lipinski definition) is 14. The third-order valence-corrected chi connectivity index (χ3v) is 5.95. The number of nitriles is 1. The number of carbonyl (C=O) groups excluding carboxylic acids is 2. The summed E-state index contributed by atoms with van der Waals surface area (Å²) in [6.45, 7) is 8.95. The second kappa shape index (κ2) is 17.7. The molecule has 0 fully saturated rings. The molecule has 47 heavy (non-hydrogen) atoms. The number of pyridine rings is 3. The van der Waals surface area contributed by atoms with Crippen molar-refractivity contribution in [2.24, 2.45) is 0 Å². The van der Waals surface area contributed by atoms with Gasteiger partial charge in [-0.3, -0.25) is 0 Å². The average Bonchev–Trinajstić information content (AvgIpc) is 3.53. The van der Waals surface area contributed by atoms with Crippen molar-refractivity contribution in [2.45, 2.75) is 34.6 Å². The first-order valence-corrected chi connectivity index (χ1v) is 14.2. The Hall–Kier alpha value is -5.72. The van der Waals surface area contributed by atoms with Gasteiger partial charge in [-0.25, -0.2) is 29.3 Å². The number of carbonyl (C=O) groups is 3. The lowest BCUT2D eigenvalue weighted by molar-refractivity contribution is -0.146. The van der Waals surface area contributed by atoms with E-state index in [0.29, 0.717) is 28.7 Å². The summed E-state index contributed by atoms with van der Waals surface area (Å²) in [5.74, 6) is -2.54. The fourth-order valence-corrected chi connectivity index (χ4v) is 3.74. The van der Waals surface area contributed by atoms with Crippen LogP contribution in [0.4, 0.5) is 11.4 Å². The van der Waals surface area contributed by atoms with E-state index in [2.05, 4.69) is 19.7 Å². The highest BCUT2D eigenvalue weighted by Gasteiger charge is 2.20. The van der Waals surface area contributed by atoms with E-state index < -0.39 is 24.5 Å². The summed E-state index contributed by atoms with van der Waals surface area (Å²) < 4.78 is 19.4. The molecule has 5 heterocycles.